The van der Waals surface area contributed by atoms with Gasteiger partial charge < -0.3 is 4.74 Å². The van der Waals surface area contributed by atoms with Gasteiger partial charge in [0.2, 0.25) is 9.84 Å². The molecule has 0 fully saturated rings. The predicted octanol–water partition coefficient (Wildman–Crippen LogP) is 3.29. The van der Waals surface area contributed by atoms with Crippen LogP contribution in [-0.4, -0.2) is 15.5 Å². The maximum atomic E-state index is 12.4. The molecule has 0 radical (unpaired) electrons. The normalized spacial score (nSPS) is 11.2. The monoisotopic (exact) mass is 326 g/mol. The fourth-order valence-electron chi connectivity index (χ4n) is 1.55. The zero-order valence-electron chi connectivity index (χ0n) is 9.63. The zero-order chi connectivity index (χ0) is 13.2. The second-order valence-corrected chi connectivity index (χ2v) is 6.39. The lowest BCUT2D eigenvalue weighted by molar-refractivity contribution is 0.414. The topological polar surface area (TPSA) is 43.4 Å². The van der Waals surface area contributed by atoms with Crippen LogP contribution in [0.25, 0.3) is 0 Å². The first-order valence-corrected chi connectivity index (χ1v) is 7.47. The third-order valence-corrected chi connectivity index (χ3v) is 5.23. The molecule has 0 bridgehead atoms. The molecule has 0 aliphatic heterocycles. The van der Waals surface area contributed by atoms with Crippen LogP contribution < -0.4 is 4.74 Å². The number of rotatable bonds is 3. The number of benzene rings is 2. The molecule has 0 spiro atoms. The highest BCUT2D eigenvalue weighted by atomic mass is 79.9. The van der Waals surface area contributed by atoms with Crippen LogP contribution in [-0.2, 0) is 9.84 Å². The second-order valence-electron chi connectivity index (χ2n) is 3.61. The van der Waals surface area contributed by atoms with E-state index in [4.69, 9.17) is 4.74 Å². The summed E-state index contributed by atoms with van der Waals surface area (Å²) in [6, 6.07) is 13.1. The van der Waals surface area contributed by atoms with Crippen LogP contribution in [0.1, 0.15) is 0 Å². The molecule has 0 N–H and O–H groups in total. The number of hydrogen-bond acceptors (Lipinski definition) is 3. The molecule has 2 rings (SSSR count). The van der Waals surface area contributed by atoms with Gasteiger partial charge >= 0.3 is 0 Å². The van der Waals surface area contributed by atoms with Gasteiger partial charge in [0.05, 0.1) is 16.9 Å². The lowest BCUT2D eigenvalue weighted by atomic mass is 10.3. The molecule has 0 atom stereocenters. The molecule has 18 heavy (non-hydrogen) atoms. The molecular weight excluding hydrogens is 316 g/mol. The van der Waals surface area contributed by atoms with Gasteiger partial charge in [-0.05, 0) is 46.3 Å². The van der Waals surface area contributed by atoms with Crippen molar-refractivity contribution >= 4 is 25.8 Å². The largest absolute Gasteiger partial charge is 0.497 e. The van der Waals surface area contributed by atoms with Crippen molar-refractivity contribution in [2.75, 3.05) is 7.11 Å². The number of hydrogen-bond donors (Lipinski definition) is 0. The van der Waals surface area contributed by atoms with Crippen LogP contribution in [0.2, 0.25) is 0 Å². The van der Waals surface area contributed by atoms with Crippen molar-refractivity contribution in [2.45, 2.75) is 9.79 Å². The van der Waals surface area contributed by atoms with Gasteiger partial charge in [-0.15, -0.1) is 0 Å². The van der Waals surface area contributed by atoms with Crippen molar-refractivity contribution in [1.82, 2.24) is 0 Å². The lowest BCUT2D eigenvalue weighted by Gasteiger charge is -2.08. The van der Waals surface area contributed by atoms with E-state index in [-0.39, 0.29) is 9.79 Å². The molecule has 0 aromatic heterocycles. The molecule has 0 saturated heterocycles. The highest BCUT2D eigenvalue weighted by Gasteiger charge is 2.20. The molecule has 3 nitrogen and oxygen atoms in total. The van der Waals surface area contributed by atoms with Gasteiger partial charge in [-0.25, -0.2) is 8.42 Å². The zero-order valence-corrected chi connectivity index (χ0v) is 12.0. The van der Waals surface area contributed by atoms with E-state index < -0.39 is 9.84 Å². The van der Waals surface area contributed by atoms with E-state index in [9.17, 15) is 8.42 Å². The van der Waals surface area contributed by atoms with E-state index in [1.807, 2.05) is 0 Å². The van der Waals surface area contributed by atoms with Gasteiger partial charge in [0.25, 0.3) is 0 Å². The van der Waals surface area contributed by atoms with Gasteiger partial charge in [0.1, 0.15) is 5.75 Å². The molecule has 0 unspecified atom stereocenters. The number of halogens is 1. The first-order chi connectivity index (χ1) is 8.55. The molecule has 94 valence electrons. The van der Waals surface area contributed by atoms with Gasteiger partial charge in [0.15, 0.2) is 0 Å². The molecule has 0 amide bonds. The Hall–Kier alpha value is -1.33. The van der Waals surface area contributed by atoms with Crippen LogP contribution in [0.15, 0.2) is 62.8 Å². The summed E-state index contributed by atoms with van der Waals surface area (Å²) in [5.74, 6) is 0.605. The summed E-state index contributed by atoms with van der Waals surface area (Å²) in [7, 11) is -1.96. The quantitative estimate of drug-likeness (QED) is 0.869. The van der Waals surface area contributed by atoms with Crippen molar-refractivity contribution in [1.29, 1.82) is 0 Å². The van der Waals surface area contributed by atoms with Crippen molar-refractivity contribution in [3.05, 3.63) is 53.0 Å². The van der Waals surface area contributed by atoms with Crippen LogP contribution >= 0.6 is 15.9 Å². The molecule has 2 aromatic carbocycles. The van der Waals surface area contributed by atoms with Gasteiger partial charge in [-0.2, -0.15) is 0 Å². The van der Waals surface area contributed by atoms with E-state index in [1.165, 1.54) is 13.2 Å². The second kappa shape index (κ2) is 5.12. The Bertz CT molecular complexity index is 651. The summed E-state index contributed by atoms with van der Waals surface area (Å²) in [4.78, 5) is 0.505. The minimum absolute atomic E-state index is 0.231. The van der Waals surface area contributed by atoms with E-state index in [2.05, 4.69) is 15.9 Å². The molecule has 2 aromatic rings. The fourth-order valence-corrected chi connectivity index (χ4v) is 3.88. The first-order valence-electron chi connectivity index (χ1n) is 5.19. The molecule has 0 aliphatic carbocycles. The van der Waals surface area contributed by atoms with Crippen LogP contribution in [0, 0.1) is 0 Å². The molecule has 5 heteroatoms. The van der Waals surface area contributed by atoms with Gasteiger partial charge in [-0.3, -0.25) is 0 Å². The number of sulfone groups is 1. The van der Waals surface area contributed by atoms with Gasteiger partial charge in [-0.1, -0.05) is 18.2 Å². The van der Waals surface area contributed by atoms with E-state index in [1.54, 1.807) is 42.5 Å². The van der Waals surface area contributed by atoms with E-state index in [0.29, 0.717) is 10.2 Å². The molecular formula is C13H11BrO3S. The Labute approximate surface area is 114 Å². The minimum Gasteiger partial charge on any atom is -0.497 e. The number of ether oxygens (including phenoxy) is 1. The standard InChI is InChI=1S/C13H11BrO3S/c1-17-10-7-8-13(12(14)9-10)18(15,16)11-5-3-2-4-6-11/h2-9H,1H3. The minimum atomic E-state index is -3.50. The summed E-state index contributed by atoms with van der Waals surface area (Å²) in [5.41, 5.74) is 0. The summed E-state index contributed by atoms with van der Waals surface area (Å²) >= 11 is 3.26. The Morgan fingerprint density at radius 2 is 1.72 bits per heavy atom. The maximum absolute atomic E-state index is 12.4. The molecule has 0 aliphatic rings. The maximum Gasteiger partial charge on any atom is 0.207 e. The summed E-state index contributed by atoms with van der Waals surface area (Å²) < 4.78 is 30.3. The summed E-state index contributed by atoms with van der Waals surface area (Å²) in [6.07, 6.45) is 0. The highest BCUT2D eigenvalue weighted by molar-refractivity contribution is 9.10. The fraction of sp³-hybridized carbons (Fsp3) is 0.0769. The van der Waals surface area contributed by atoms with E-state index >= 15 is 0 Å². The lowest BCUT2D eigenvalue weighted by Crippen LogP contribution is -2.02. The Morgan fingerprint density at radius 1 is 1.06 bits per heavy atom. The average Bonchev–Trinajstić information content (AvgIpc) is 2.39. The predicted molar refractivity (Wildman–Crippen MR) is 72.6 cm³/mol. The van der Waals surface area contributed by atoms with E-state index in [0.717, 1.165) is 0 Å². The SMILES string of the molecule is COc1ccc(S(=O)(=O)c2ccccc2)c(Br)c1. The van der Waals surface area contributed by atoms with Crippen LogP contribution in [0.3, 0.4) is 0 Å². The van der Waals surface area contributed by atoms with Gasteiger partial charge in [0, 0.05) is 4.47 Å². The Balaban J connectivity index is 2.55. The summed E-state index contributed by atoms with van der Waals surface area (Å²) in [5, 5.41) is 0. The average molecular weight is 327 g/mol. The Kier molecular flexibility index (Phi) is 3.73. The number of methoxy groups -OCH3 is 1. The van der Waals surface area contributed by atoms with Crippen LogP contribution in [0.4, 0.5) is 0 Å². The third kappa shape index (κ3) is 2.42. The summed E-state index contributed by atoms with van der Waals surface area (Å²) in [6.45, 7) is 0. The molecule has 0 heterocycles. The Morgan fingerprint density at radius 3 is 2.28 bits per heavy atom. The molecule has 0 saturated carbocycles. The van der Waals surface area contributed by atoms with Crippen molar-refractivity contribution in [3.63, 3.8) is 0 Å². The third-order valence-electron chi connectivity index (χ3n) is 2.48. The first kappa shape index (κ1) is 13.1. The van der Waals surface area contributed by atoms with Crippen molar-refractivity contribution in [3.8, 4) is 5.75 Å². The van der Waals surface area contributed by atoms with Crippen molar-refractivity contribution < 1.29 is 13.2 Å². The van der Waals surface area contributed by atoms with Crippen molar-refractivity contribution in [2.24, 2.45) is 0 Å². The highest BCUT2D eigenvalue weighted by Crippen LogP contribution is 2.30. The van der Waals surface area contributed by atoms with Crippen LogP contribution in [0.5, 0.6) is 5.75 Å². The smallest absolute Gasteiger partial charge is 0.207 e.